The second kappa shape index (κ2) is 7.03. The normalized spacial score (nSPS) is 14.9. The molecule has 0 N–H and O–H groups in total. The summed E-state index contributed by atoms with van der Waals surface area (Å²) < 4.78 is 1.77. The fourth-order valence-corrected chi connectivity index (χ4v) is 3.27. The Bertz CT molecular complexity index is 821. The van der Waals surface area contributed by atoms with E-state index in [-0.39, 0.29) is 5.91 Å². The number of nitrogens with zero attached hydrogens (tertiary/aromatic N) is 5. The first-order valence-corrected chi connectivity index (χ1v) is 8.70. The van der Waals surface area contributed by atoms with Crippen molar-refractivity contribution in [2.24, 2.45) is 0 Å². The van der Waals surface area contributed by atoms with Gasteiger partial charge < -0.3 is 9.80 Å². The molecule has 0 saturated carbocycles. The van der Waals surface area contributed by atoms with Gasteiger partial charge in [-0.1, -0.05) is 18.2 Å². The Kier molecular flexibility index (Phi) is 4.43. The van der Waals surface area contributed by atoms with Crippen LogP contribution in [0.5, 0.6) is 0 Å². The highest BCUT2D eigenvalue weighted by Gasteiger charge is 2.22. The summed E-state index contributed by atoms with van der Waals surface area (Å²) in [5.74, 6) is 0.453. The van der Waals surface area contributed by atoms with Gasteiger partial charge in [0.25, 0.3) is 5.91 Å². The van der Waals surface area contributed by atoms with Crippen LogP contribution in [0, 0.1) is 0 Å². The maximum atomic E-state index is 13.1. The zero-order valence-corrected chi connectivity index (χ0v) is 14.1. The molecule has 6 heteroatoms. The molecule has 4 rings (SSSR count). The first kappa shape index (κ1) is 15.8. The van der Waals surface area contributed by atoms with Gasteiger partial charge >= 0.3 is 0 Å². The van der Waals surface area contributed by atoms with Crippen molar-refractivity contribution >= 4 is 17.4 Å². The lowest BCUT2D eigenvalue weighted by atomic mass is 10.2. The van der Waals surface area contributed by atoms with Gasteiger partial charge in [-0.3, -0.25) is 9.20 Å². The predicted octanol–water partition coefficient (Wildman–Crippen LogP) is 2.47. The lowest BCUT2D eigenvalue weighted by molar-refractivity contribution is 0.0980. The number of amides is 1. The third-order valence-electron chi connectivity index (χ3n) is 4.61. The van der Waals surface area contributed by atoms with E-state index < -0.39 is 0 Å². The number of imidazole rings is 1. The number of carbonyl (C=O) groups is 1. The molecule has 0 atom stereocenters. The fraction of sp³-hybridized carbons (Fsp3) is 0.316. The number of anilines is 1. The van der Waals surface area contributed by atoms with Crippen LogP contribution in [0.1, 0.15) is 23.3 Å². The third-order valence-corrected chi connectivity index (χ3v) is 4.61. The maximum Gasteiger partial charge on any atom is 0.278 e. The molecule has 0 unspecified atom stereocenters. The summed E-state index contributed by atoms with van der Waals surface area (Å²) in [6.07, 6.45) is 7.77. The van der Waals surface area contributed by atoms with E-state index in [1.807, 2.05) is 47.5 Å². The van der Waals surface area contributed by atoms with Crippen LogP contribution in [-0.4, -0.2) is 51.4 Å². The Balaban J connectivity index is 1.60. The molecule has 1 amide bonds. The summed E-state index contributed by atoms with van der Waals surface area (Å²) in [4.78, 5) is 25.9. The topological polar surface area (TPSA) is 53.7 Å². The lowest BCUT2D eigenvalue weighted by Crippen LogP contribution is -2.38. The molecule has 1 saturated heterocycles. The third kappa shape index (κ3) is 3.39. The molecule has 25 heavy (non-hydrogen) atoms. The average molecular weight is 335 g/mol. The van der Waals surface area contributed by atoms with Gasteiger partial charge in [-0.05, 0) is 44.1 Å². The molecule has 1 fully saturated rings. The van der Waals surface area contributed by atoms with Crippen molar-refractivity contribution in [3.8, 4) is 0 Å². The van der Waals surface area contributed by atoms with E-state index in [0.717, 1.165) is 25.3 Å². The van der Waals surface area contributed by atoms with E-state index in [2.05, 4.69) is 14.9 Å². The largest absolute Gasteiger partial charge is 0.306 e. The van der Waals surface area contributed by atoms with Crippen molar-refractivity contribution in [3.05, 3.63) is 60.7 Å². The minimum atomic E-state index is -0.0871. The molecule has 0 aliphatic carbocycles. The molecular weight excluding hydrogens is 314 g/mol. The van der Waals surface area contributed by atoms with Gasteiger partial charge in [0.2, 0.25) is 5.78 Å². The second-order valence-corrected chi connectivity index (χ2v) is 6.29. The average Bonchev–Trinajstić information content (AvgIpc) is 3.32. The van der Waals surface area contributed by atoms with Crippen LogP contribution in [0.15, 0.2) is 55.0 Å². The number of aromatic nitrogens is 3. The van der Waals surface area contributed by atoms with Gasteiger partial charge in [-0.25, -0.2) is 9.97 Å². The van der Waals surface area contributed by atoms with Crippen molar-refractivity contribution in [2.45, 2.75) is 12.8 Å². The number of benzene rings is 1. The molecule has 128 valence electrons. The summed E-state index contributed by atoms with van der Waals surface area (Å²) in [5.41, 5.74) is 1.32. The minimum Gasteiger partial charge on any atom is -0.306 e. The molecule has 1 aliphatic rings. The van der Waals surface area contributed by atoms with E-state index in [4.69, 9.17) is 0 Å². The molecule has 0 bridgehead atoms. The smallest absolute Gasteiger partial charge is 0.278 e. The van der Waals surface area contributed by atoms with Crippen molar-refractivity contribution in [3.63, 3.8) is 0 Å². The molecule has 0 radical (unpaired) electrons. The van der Waals surface area contributed by atoms with Gasteiger partial charge in [0.05, 0.1) is 0 Å². The fourth-order valence-electron chi connectivity index (χ4n) is 3.27. The van der Waals surface area contributed by atoms with Crippen molar-refractivity contribution in [1.82, 2.24) is 19.3 Å². The molecule has 3 heterocycles. The van der Waals surface area contributed by atoms with Crippen LogP contribution in [0.25, 0.3) is 5.78 Å². The Morgan fingerprint density at radius 2 is 1.92 bits per heavy atom. The lowest BCUT2D eigenvalue weighted by Gasteiger charge is -2.25. The van der Waals surface area contributed by atoms with Gasteiger partial charge in [-0.15, -0.1) is 0 Å². The van der Waals surface area contributed by atoms with E-state index in [1.54, 1.807) is 16.8 Å². The number of hydrogen-bond donors (Lipinski definition) is 0. The molecule has 6 nitrogen and oxygen atoms in total. The number of carbonyl (C=O) groups excluding carboxylic acids is 1. The summed E-state index contributed by atoms with van der Waals surface area (Å²) in [6, 6.07) is 11.6. The standard InChI is InChI=1S/C19H21N5O/c25-18(17-15-23-12-6-9-20-19(23)21-17)24(16-7-2-1-3-8-16)14-13-22-10-4-5-11-22/h1-3,6-9,12,15H,4-5,10-11,13-14H2. The molecule has 2 aromatic heterocycles. The van der Waals surface area contributed by atoms with Gasteiger partial charge in [-0.2, -0.15) is 0 Å². The monoisotopic (exact) mass is 335 g/mol. The van der Waals surface area contributed by atoms with Gasteiger partial charge in [0, 0.05) is 37.4 Å². The molecular formula is C19H21N5O. The molecule has 3 aromatic rings. The highest BCUT2D eigenvalue weighted by Crippen LogP contribution is 2.17. The van der Waals surface area contributed by atoms with Crippen LogP contribution in [-0.2, 0) is 0 Å². The Morgan fingerprint density at radius 1 is 1.12 bits per heavy atom. The van der Waals surface area contributed by atoms with Crippen LogP contribution < -0.4 is 4.90 Å². The minimum absolute atomic E-state index is 0.0871. The van der Waals surface area contributed by atoms with Crippen molar-refractivity contribution < 1.29 is 4.79 Å². The Hall–Kier alpha value is -2.73. The molecule has 1 aliphatic heterocycles. The first-order chi connectivity index (χ1) is 12.3. The van der Waals surface area contributed by atoms with Crippen LogP contribution >= 0.6 is 0 Å². The summed E-state index contributed by atoms with van der Waals surface area (Å²) in [7, 11) is 0. The summed E-state index contributed by atoms with van der Waals surface area (Å²) in [5, 5.41) is 0. The van der Waals surface area contributed by atoms with Crippen LogP contribution in [0.3, 0.4) is 0 Å². The highest BCUT2D eigenvalue weighted by atomic mass is 16.2. The first-order valence-electron chi connectivity index (χ1n) is 8.70. The van der Waals surface area contributed by atoms with Crippen LogP contribution in [0.4, 0.5) is 5.69 Å². The predicted molar refractivity (Wildman–Crippen MR) is 96.8 cm³/mol. The van der Waals surface area contributed by atoms with Crippen molar-refractivity contribution in [2.75, 3.05) is 31.1 Å². The highest BCUT2D eigenvalue weighted by molar-refractivity contribution is 6.05. The van der Waals surface area contributed by atoms with E-state index in [1.165, 1.54) is 12.8 Å². The maximum absolute atomic E-state index is 13.1. The molecule has 0 spiro atoms. The summed E-state index contributed by atoms with van der Waals surface area (Å²) in [6.45, 7) is 3.78. The van der Waals surface area contributed by atoms with E-state index in [9.17, 15) is 4.79 Å². The van der Waals surface area contributed by atoms with Crippen LogP contribution in [0.2, 0.25) is 0 Å². The number of para-hydroxylation sites is 1. The van der Waals surface area contributed by atoms with Gasteiger partial charge in [0.15, 0.2) is 0 Å². The number of rotatable bonds is 5. The SMILES string of the molecule is O=C(c1cn2cccnc2n1)N(CCN1CCCC1)c1ccccc1. The Labute approximate surface area is 146 Å². The molecule has 1 aromatic carbocycles. The quantitative estimate of drug-likeness (QED) is 0.719. The second-order valence-electron chi connectivity index (χ2n) is 6.29. The van der Waals surface area contributed by atoms with Crippen molar-refractivity contribution in [1.29, 1.82) is 0 Å². The zero-order chi connectivity index (χ0) is 17.1. The Morgan fingerprint density at radius 3 is 2.68 bits per heavy atom. The zero-order valence-electron chi connectivity index (χ0n) is 14.1. The summed E-state index contributed by atoms with van der Waals surface area (Å²) >= 11 is 0. The number of fused-ring (bicyclic) bond motifs is 1. The number of likely N-dealkylation sites (tertiary alicyclic amines) is 1. The van der Waals surface area contributed by atoms with E-state index in [0.29, 0.717) is 18.0 Å². The number of hydrogen-bond acceptors (Lipinski definition) is 4. The van der Waals surface area contributed by atoms with Gasteiger partial charge in [0.1, 0.15) is 5.69 Å². The van der Waals surface area contributed by atoms with E-state index >= 15 is 0 Å².